The molecule has 0 bridgehead atoms. The van der Waals surface area contributed by atoms with Gasteiger partial charge in [0.2, 0.25) is 0 Å². The Morgan fingerprint density at radius 3 is 2.71 bits per heavy atom. The van der Waals surface area contributed by atoms with Crippen molar-refractivity contribution in [3.8, 4) is 0 Å². The zero-order valence-corrected chi connectivity index (χ0v) is 22.9. The van der Waals surface area contributed by atoms with E-state index in [1.165, 1.54) is 20.0 Å². The molecule has 1 aromatic carbocycles. The number of ether oxygens (including phenoxy) is 2. The van der Waals surface area contributed by atoms with Gasteiger partial charge >= 0.3 is 210 Å². The Labute approximate surface area is 209 Å². The van der Waals surface area contributed by atoms with Gasteiger partial charge < -0.3 is 0 Å². The Bertz CT molecular complexity index is 935. The normalized spacial score (nSPS) is 34.4. The first-order valence-corrected chi connectivity index (χ1v) is 14.8. The van der Waals surface area contributed by atoms with E-state index in [9.17, 15) is 14.9 Å². The van der Waals surface area contributed by atoms with Crippen molar-refractivity contribution >= 4 is 31.1 Å². The van der Waals surface area contributed by atoms with Crippen LogP contribution in [0.1, 0.15) is 72.6 Å². The van der Waals surface area contributed by atoms with E-state index in [1.807, 2.05) is 12.1 Å². The predicted molar refractivity (Wildman–Crippen MR) is 133 cm³/mol. The summed E-state index contributed by atoms with van der Waals surface area (Å²) in [5, 5.41) is 12.3. The molecule has 4 rings (SSSR count). The van der Waals surface area contributed by atoms with Crippen LogP contribution in [0.3, 0.4) is 0 Å². The van der Waals surface area contributed by atoms with Crippen molar-refractivity contribution in [2.45, 2.75) is 89.7 Å². The molecule has 2 aliphatic carbocycles. The third kappa shape index (κ3) is 4.44. The van der Waals surface area contributed by atoms with Crippen LogP contribution in [0.2, 0.25) is 5.32 Å². The second-order valence-corrected chi connectivity index (χ2v) is 14.0. The van der Waals surface area contributed by atoms with Crippen LogP contribution in [0.15, 0.2) is 24.3 Å². The van der Waals surface area contributed by atoms with Gasteiger partial charge in [0.15, 0.2) is 0 Å². The topological polar surface area (TPSA) is 82.0 Å². The number of hydrogen-bond donors (Lipinski definition) is 0. The minimum absolute atomic E-state index is 0.00216. The van der Waals surface area contributed by atoms with Crippen LogP contribution >= 0.6 is 0 Å². The number of esters is 1. The van der Waals surface area contributed by atoms with Crippen molar-refractivity contribution in [3.05, 3.63) is 34.4 Å². The molecule has 188 valence electrons. The van der Waals surface area contributed by atoms with Gasteiger partial charge in [-0.1, -0.05) is 0 Å². The van der Waals surface area contributed by atoms with Crippen molar-refractivity contribution in [2.24, 2.45) is 28.6 Å². The zero-order valence-electron chi connectivity index (χ0n) is 21.2. The average molecular weight is 537 g/mol. The number of para-hydroxylation sites is 1. The molecular formula is C27H39NO5Se. The Hall–Kier alpha value is -1.43. The Kier molecular flexibility index (Phi) is 7.21. The molecule has 0 aromatic heterocycles. The molecule has 7 heteroatoms. The van der Waals surface area contributed by atoms with E-state index in [0.717, 1.165) is 41.9 Å². The second-order valence-electron chi connectivity index (χ2n) is 11.6. The standard InChI is InChI=1S/C27H39NO5Se/c1-18(13-16-34-20-10-7-6-9-19(20)28(30)31)11-12-21-26(4)15-8-14-25(2,3)22(26)17-23-27(21,33-23)24(29)32-5/h6-7,9-10,18,21-23H,8,11-17H2,1-5H3/t18-,21+,22-,23-,26+,27+/m0/s1. The molecule has 34 heavy (non-hydrogen) atoms. The third-order valence-electron chi connectivity index (χ3n) is 9.18. The number of nitrogens with zero attached hydrogens (tertiary/aromatic N) is 1. The summed E-state index contributed by atoms with van der Waals surface area (Å²) in [5.41, 5.74) is -0.162. The van der Waals surface area contributed by atoms with Crippen LogP contribution in [0.25, 0.3) is 0 Å². The van der Waals surface area contributed by atoms with Crippen LogP contribution in [-0.4, -0.2) is 44.7 Å². The maximum absolute atomic E-state index is 13.0. The van der Waals surface area contributed by atoms with Gasteiger partial charge in [-0.25, -0.2) is 0 Å². The monoisotopic (exact) mass is 537 g/mol. The number of carbonyl (C=O) groups is 1. The number of hydrogen-bond acceptors (Lipinski definition) is 5. The first kappa shape index (κ1) is 25.7. The molecule has 6 nitrogen and oxygen atoms in total. The van der Waals surface area contributed by atoms with Gasteiger partial charge in [-0.2, -0.15) is 0 Å². The first-order valence-electron chi connectivity index (χ1n) is 12.7. The molecule has 3 aliphatic rings. The number of nitro groups is 1. The quantitative estimate of drug-likeness (QED) is 0.140. The number of fused-ring (bicyclic) bond motifs is 2. The van der Waals surface area contributed by atoms with Crippen LogP contribution in [0.5, 0.6) is 0 Å². The maximum atomic E-state index is 13.0. The molecule has 0 N–H and O–H groups in total. The molecule has 1 aliphatic heterocycles. The summed E-state index contributed by atoms with van der Waals surface area (Å²) in [7, 11) is 1.49. The van der Waals surface area contributed by atoms with Gasteiger partial charge in [-0.3, -0.25) is 0 Å². The predicted octanol–water partition coefficient (Wildman–Crippen LogP) is 5.31. The molecule has 1 saturated heterocycles. The SMILES string of the molecule is COC(=O)[C@]12O[C@H]1C[C@H]1C(C)(C)CCC[C@]1(C)[C@H]2CC[C@H](C)CC[Se]c1ccccc1[N+](=O)[O-]. The summed E-state index contributed by atoms with van der Waals surface area (Å²) in [6, 6.07) is 7.11. The van der Waals surface area contributed by atoms with E-state index in [2.05, 4.69) is 27.7 Å². The zero-order chi connectivity index (χ0) is 24.7. The minimum atomic E-state index is -0.748. The molecular weight excluding hydrogens is 497 g/mol. The van der Waals surface area contributed by atoms with E-state index >= 15 is 0 Å². The van der Waals surface area contributed by atoms with Gasteiger partial charge in [-0.15, -0.1) is 0 Å². The van der Waals surface area contributed by atoms with Gasteiger partial charge in [0, 0.05) is 0 Å². The van der Waals surface area contributed by atoms with Crippen molar-refractivity contribution < 1.29 is 19.2 Å². The fourth-order valence-corrected chi connectivity index (χ4v) is 9.86. The number of benzene rings is 1. The van der Waals surface area contributed by atoms with Crippen molar-refractivity contribution in [1.29, 1.82) is 0 Å². The van der Waals surface area contributed by atoms with Gasteiger partial charge in [0.25, 0.3) is 0 Å². The van der Waals surface area contributed by atoms with Crippen molar-refractivity contribution in [1.82, 2.24) is 0 Å². The Morgan fingerprint density at radius 2 is 2.00 bits per heavy atom. The molecule has 1 heterocycles. The van der Waals surface area contributed by atoms with Crippen molar-refractivity contribution in [3.63, 3.8) is 0 Å². The summed E-state index contributed by atoms with van der Waals surface area (Å²) in [5.74, 6) is 1.05. The van der Waals surface area contributed by atoms with Gasteiger partial charge in [0.05, 0.1) is 0 Å². The first-order chi connectivity index (χ1) is 16.1. The number of epoxide rings is 1. The summed E-state index contributed by atoms with van der Waals surface area (Å²) in [6.07, 6.45) is 7.59. The number of carbonyl (C=O) groups excluding carboxylic acids is 1. The van der Waals surface area contributed by atoms with E-state index in [1.54, 1.807) is 12.1 Å². The molecule has 0 unspecified atom stereocenters. The molecule has 0 radical (unpaired) electrons. The number of nitro benzene ring substituents is 1. The van der Waals surface area contributed by atoms with Gasteiger partial charge in [0.1, 0.15) is 0 Å². The molecule has 2 saturated carbocycles. The summed E-state index contributed by atoms with van der Waals surface area (Å²) >= 11 is 0.0885. The summed E-state index contributed by atoms with van der Waals surface area (Å²) in [4.78, 5) is 24.0. The molecule has 0 spiro atoms. The van der Waals surface area contributed by atoms with E-state index in [-0.39, 0.29) is 54.4 Å². The molecule has 3 fully saturated rings. The number of methoxy groups -OCH3 is 1. The van der Waals surface area contributed by atoms with E-state index in [0.29, 0.717) is 11.8 Å². The fourth-order valence-electron chi connectivity index (χ4n) is 7.33. The fraction of sp³-hybridized carbons (Fsp3) is 0.741. The van der Waals surface area contributed by atoms with Crippen LogP contribution in [0.4, 0.5) is 5.69 Å². The van der Waals surface area contributed by atoms with Crippen LogP contribution in [-0.2, 0) is 14.3 Å². The molecule has 0 amide bonds. The van der Waals surface area contributed by atoms with E-state index < -0.39 is 5.60 Å². The summed E-state index contributed by atoms with van der Waals surface area (Å²) < 4.78 is 12.4. The Morgan fingerprint density at radius 1 is 1.26 bits per heavy atom. The summed E-state index contributed by atoms with van der Waals surface area (Å²) in [6.45, 7) is 9.48. The Balaban J connectivity index is 1.42. The molecule has 1 aromatic rings. The van der Waals surface area contributed by atoms with E-state index in [4.69, 9.17) is 9.47 Å². The molecule has 6 atom stereocenters. The average Bonchev–Trinajstić information content (AvgIpc) is 3.52. The third-order valence-corrected chi connectivity index (χ3v) is 11.5. The van der Waals surface area contributed by atoms with Crippen LogP contribution < -0.4 is 4.46 Å². The van der Waals surface area contributed by atoms with Crippen molar-refractivity contribution in [2.75, 3.05) is 7.11 Å². The number of rotatable bonds is 9. The van der Waals surface area contributed by atoms with Gasteiger partial charge in [-0.05, 0) is 0 Å². The van der Waals surface area contributed by atoms with Crippen LogP contribution in [0, 0.1) is 38.7 Å². The second kappa shape index (κ2) is 9.55.